The van der Waals surface area contributed by atoms with Gasteiger partial charge in [-0.05, 0) is 26.0 Å². The molecule has 0 radical (unpaired) electrons. The fraction of sp³-hybridized carbons (Fsp3) is 0.250. The van der Waals surface area contributed by atoms with Crippen molar-refractivity contribution >= 4 is 5.78 Å². The van der Waals surface area contributed by atoms with Gasteiger partial charge in [-0.2, -0.15) is 0 Å². The van der Waals surface area contributed by atoms with Gasteiger partial charge in [0.1, 0.15) is 11.9 Å². The molecule has 0 aliphatic rings. The second-order valence-electron chi connectivity index (χ2n) is 3.14. The van der Waals surface area contributed by atoms with Gasteiger partial charge >= 0.3 is 0 Å². The first kappa shape index (κ1) is 10.5. The highest BCUT2D eigenvalue weighted by molar-refractivity contribution is 5.94. The first-order valence-corrected chi connectivity index (χ1v) is 4.53. The van der Waals surface area contributed by atoms with Gasteiger partial charge in [0.15, 0.2) is 5.78 Å². The van der Waals surface area contributed by atoms with Gasteiger partial charge in [-0.3, -0.25) is 4.79 Å². The summed E-state index contributed by atoms with van der Waals surface area (Å²) in [4.78, 5) is 11.1. The molecule has 0 amide bonds. The van der Waals surface area contributed by atoms with Crippen LogP contribution in [0.15, 0.2) is 36.9 Å². The quantitative estimate of drug-likeness (QED) is 0.539. The summed E-state index contributed by atoms with van der Waals surface area (Å²) >= 11 is 0. The van der Waals surface area contributed by atoms with Crippen molar-refractivity contribution in [1.82, 2.24) is 0 Å². The maximum Gasteiger partial charge on any atom is 0.159 e. The number of ether oxygens (including phenoxy) is 1. The van der Waals surface area contributed by atoms with Crippen molar-refractivity contribution in [2.75, 3.05) is 0 Å². The number of benzene rings is 1. The van der Waals surface area contributed by atoms with Gasteiger partial charge in [0.2, 0.25) is 0 Å². The number of rotatable bonds is 4. The molecular formula is C12H14O2. The van der Waals surface area contributed by atoms with E-state index in [1.807, 2.05) is 19.1 Å². The summed E-state index contributed by atoms with van der Waals surface area (Å²) in [6, 6.07) is 7.14. The van der Waals surface area contributed by atoms with Crippen LogP contribution in [0.5, 0.6) is 5.75 Å². The lowest BCUT2D eigenvalue weighted by atomic mass is 10.1. The Morgan fingerprint density at radius 3 is 2.86 bits per heavy atom. The summed E-state index contributed by atoms with van der Waals surface area (Å²) < 4.78 is 5.48. The molecule has 2 heteroatoms. The Kier molecular flexibility index (Phi) is 3.46. The third-order valence-electron chi connectivity index (χ3n) is 1.89. The highest BCUT2D eigenvalue weighted by Gasteiger charge is 2.02. The predicted molar refractivity (Wildman–Crippen MR) is 56.7 cm³/mol. The summed E-state index contributed by atoms with van der Waals surface area (Å²) in [7, 11) is 0. The molecule has 0 heterocycles. The van der Waals surface area contributed by atoms with E-state index in [4.69, 9.17) is 4.74 Å². The van der Waals surface area contributed by atoms with E-state index in [0.29, 0.717) is 11.3 Å². The summed E-state index contributed by atoms with van der Waals surface area (Å²) in [5.41, 5.74) is 0.666. The van der Waals surface area contributed by atoms with Crippen LogP contribution in [0.25, 0.3) is 0 Å². The van der Waals surface area contributed by atoms with E-state index in [2.05, 4.69) is 6.58 Å². The Hall–Kier alpha value is -1.57. The monoisotopic (exact) mass is 190 g/mol. The van der Waals surface area contributed by atoms with Crippen LogP contribution in [-0.2, 0) is 0 Å². The minimum Gasteiger partial charge on any atom is -0.487 e. The minimum atomic E-state index is -0.0443. The van der Waals surface area contributed by atoms with Crippen LogP contribution in [0.3, 0.4) is 0 Å². The predicted octanol–water partition coefficient (Wildman–Crippen LogP) is 2.84. The second kappa shape index (κ2) is 4.61. The maximum absolute atomic E-state index is 11.1. The minimum absolute atomic E-state index is 0.0432. The molecule has 0 bridgehead atoms. The summed E-state index contributed by atoms with van der Waals surface area (Å²) in [6.07, 6.45) is 1.66. The molecule has 0 saturated heterocycles. The molecular weight excluding hydrogens is 176 g/mol. The SMILES string of the molecule is C=CC(C)Oc1cccc(C(C)=O)c1. The molecule has 0 aliphatic heterocycles. The van der Waals surface area contributed by atoms with Crippen LogP contribution in [0.4, 0.5) is 0 Å². The van der Waals surface area contributed by atoms with E-state index in [1.54, 1.807) is 18.2 Å². The van der Waals surface area contributed by atoms with Crippen LogP contribution in [0.1, 0.15) is 24.2 Å². The second-order valence-corrected chi connectivity index (χ2v) is 3.14. The third kappa shape index (κ3) is 2.73. The number of ketones is 1. The van der Waals surface area contributed by atoms with E-state index in [1.165, 1.54) is 6.92 Å². The smallest absolute Gasteiger partial charge is 0.159 e. The van der Waals surface area contributed by atoms with Gasteiger partial charge in [0.05, 0.1) is 0 Å². The number of carbonyl (C=O) groups is 1. The summed E-state index contributed by atoms with van der Waals surface area (Å²) in [5.74, 6) is 0.742. The van der Waals surface area contributed by atoms with Crippen molar-refractivity contribution in [2.45, 2.75) is 20.0 Å². The molecule has 0 N–H and O–H groups in total. The molecule has 0 spiro atoms. The van der Waals surface area contributed by atoms with Crippen LogP contribution in [-0.4, -0.2) is 11.9 Å². The molecule has 1 rings (SSSR count). The largest absolute Gasteiger partial charge is 0.487 e. The average Bonchev–Trinajstić information content (AvgIpc) is 2.18. The van der Waals surface area contributed by atoms with Gasteiger partial charge in [0.25, 0.3) is 0 Å². The van der Waals surface area contributed by atoms with Gasteiger partial charge in [-0.1, -0.05) is 24.8 Å². The molecule has 1 atom stereocenters. The fourth-order valence-electron chi connectivity index (χ4n) is 1.05. The molecule has 1 unspecified atom stereocenters. The van der Waals surface area contributed by atoms with Crippen molar-refractivity contribution in [3.8, 4) is 5.75 Å². The van der Waals surface area contributed by atoms with Gasteiger partial charge in [-0.15, -0.1) is 0 Å². The first-order chi connectivity index (χ1) is 6.63. The Balaban J connectivity index is 2.83. The standard InChI is InChI=1S/C12H14O2/c1-4-9(2)14-12-7-5-6-11(8-12)10(3)13/h4-9H,1H2,2-3H3. The number of hydrogen-bond donors (Lipinski definition) is 0. The molecule has 14 heavy (non-hydrogen) atoms. The summed E-state index contributed by atoms with van der Waals surface area (Å²) in [6.45, 7) is 7.06. The Labute approximate surface area is 84.2 Å². The zero-order valence-corrected chi connectivity index (χ0v) is 8.49. The number of hydrogen-bond acceptors (Lipinski definition) is 2. The lowest BCUT2D eigenvalue weighted by molar-refractivity contribution is 0.101. The van der Waals surface area contributed by atoms with Crippen LogP contribution in [0.2, 0.25) is 0 Å². The molecule has 0 aromatic heterocycles. The van der Waals surface area contributed by atoms with Gasteiger partial charge in [-0.25, -0.2) is 0 Å². The lowest BCUT2D eigenvalue weighted by Crippen LogP contribution is -2.07. The topological polar surface area (TPSA) is 26.3 Å². The number of carbonyl (C=O) groups excluding carboxylic acids is 1. The molecule has 0 saturated carbocycles. The van der Waals surface area contributed by atoms with Crippen molar-refractivity contribution < 1.29 is 9.53 Å². The highest BCUT2D eigenvalue weighted by Crippen LogP contribution is 2.15. The molecule has 74 valence electrons. The van der Waals surface area contributed by atoms with Crippen LogP contribution < -0.4 is 4.74 Å². The lowest BCUT2D eigenvalue weighted by Gasteiger charge is -2.10. The van der Waals surface area contributed by atoms with Gasteiger partial charge < -0.3 is 4.74 Å². The Bertz CT molecular complexity index is 342. The van der Waals surface area contributed by atoms with Crippen LogP contribution in [0, 0.1) is 0 Å². The van der Waals surface area contributed by atoms with E-state index < -0.39 is 0 Å². The molecule has 2 nitrogen and oxygen atoms in total. The van der Waals surface area contributed by atoms with E-state index in [9.17, 15) is 4.79 Å². The average molecular weight is 190 g/mol. The fourth-order valence-corrected chi connectivity index (χ4v) is 1.05. The van der Waals surface area contributed by atoms with E-state index in [0.717, 1.165) is 0 Å². The van der Waals surface area contributed by atoms with Crippen molar-refractivity contribution in [2.24, 2.45) is 0 Å². The summed E-state index contributed by atoms with van der Waals surface area (Å²) in [5, 5.41) is 0. The third-order valence-corrected chi connectivity index (χ3v) is 1.89. The Morgan fingerprint density at radius 1 is 1.57 bits per heavy atom. The molecule has 0 aliphatic carbocycles. The zero-order valence-electron chi connectivity index (χ0n) is 8.49. The molecule has 1 aromatic rings. The first-order valence-electron chi connectivity index (χ1n) is 4.53. The molecule has 1 aromatic carbocycles. The van der Waals surface area contributed by atoms with Crippen molar-refractivity contribution in [3.63, 3.8) is 0 Å². The van der Waals surface area contributed by atoms with Crippen LogP contribution >= 0.6 is 0 Å². The van der Waals surface area contributed by atoms with Crippen molar-refractivity contribution in [1.29, 1.82) is 0 Å². The number of Topliss-reactive ketones (excluding diaryl/α,β-unsaturated/α-hetero) is 1. The highest BCUT2D eigenvalue weighted by atomic mass is 16.5. The van der Waals surface area contributed by atoms with Gasteiger partial charge in [0, 0.05) is 5.56 Å². The van der Waals surface area contributed by atoms with Crippen molar-refractivity contribution in [3.05, 3.63) is 42.5 Å². The normalized spacial score (nSPS) is 11.9. The van der Waals surface area contributed by atoms with E-state index >= 15 is 0 Å². The zero-order chi connectivity index (χ0) is 10.6. The maximum atomic E-state index is 11.1. The van der Waals surface area contributed by atoms with E-state index in [-0.39, 0.29) is 11.9 Å². The Morgan fingerprint density at radius 2 is 2.29 bits per heavy atom. The molecule has 0 fully saturated rings.